The summed E-state index contributed by atoms with van der Waals surface area (Å²) in [6.07, 6.45) is 13.6. The van der Waals surface area contributed by atoms with Gasteiger partial charge in [-0.15, -0.1) is 0 Å². The normalized spacial score (nSPS) is 12.3. The molecule has 0 aliphatic carbocycles. The number of carbonyl (C=O) groups excluding carboxylic acids is 2. The van der Waals surface area contributed by atoms with Crippen LogP contribution >= 0.6 is 0 Å². The van der Waals surface area contributed by atoms with E-state index in [1.807, 2.05) is 0 Å². The smallest absolute Gasteiger partial charge is 0.335 e. The summed E-state index contributed by atoms with van der Waals surface area (Å²) in [5.74, 6) is -0.841. The Bertz CT molecular complexity index is 457. The Balaban J connectivity index is 4.26. The van der Waals surface area contributed by atoms with E-state index >= 15 is 0 Å². The van der Waals surface area contributed by atoms with Gasteiger partial charge in [0.15, 0.2) is 11.1 Å². The van der Waals surface area contributed by atoms with Crippen molar-refractivity contribution in [1.29, 1.82) is 0 Å². The Morgan fingerprint density at radius 3 is 1.20 bits per heavy atom. The molecule has 0 N–H and O–H groups in total. The van der Waals surface area contributed by atoms with Crippen LogP contribution in [0.25, 0.3) is 0 Å². The third-order valence-corrected chi connectivity index (χ3v) is 5.01. The van der Waals surface area contributed by atoms with Crippen LogP contribution < -0.4 is 0 Å². The highest BCUT2D eigenvalue weighted by Crippen LogP contribution is 2.19. The summed E-state index contributed by atoms with van der Waals surface area (Å²) in [6, 6.07) is 0. The number of esters is 2. The Labute approximate surface area is 184 Å². The van der Waals surface area contributed by atoms with E-state index in [0.717, 1.165) is 25.7 Å². The van der Waals surface area contributed by atoms with Crippen molar-refractivity contribution >= 4 is 11.9 Å². The second-order valence-electron chi connectivity index (χ2n) is 9.13. The first kappa shape index (κ1) is 28.5. The lowest BCUT2D eigenvalue weighted by molar-refractivity contribution is -0.151. The average molecular weight is 427 g/mol. The summed E-state index contributed by atoms with van der Waals surface area (Å²) in [4.78, 5) is 24.6. The topological polar surface area (TPSA) is 77.3 Å². The molecule has 176 valence electrons. The molecule has 6 nitrogen and oxygen atoms in total. The van der Waals surface area contributed by atoms with Gasteiger partial charge in [-0.2, -0.15) is 10.2 Å². The zero-order valence-corrected chi connectivity index (χ0v) is 20.4. The van der Waals surface area contributed by atoms with E-state index in [4.69, 9.17) is 9.47 Å². The zero-order chi connectivity index (χ0) is 22.9. The number of azo groups is 1. The molecule has 0 aromatic rings. The molecule has 0 amide bonds. The highest BCUT2D eigenvalue weighted by Gasteiger charge is 2.34. The Hall–Kier alpha value is -1.46. The molecule has 0 atom stereocenters. The molecule has 0 aromatic heterocycles. The Morgan fingerprint density at radius 1 is 0.567 bits per heavy atom. The summed E-state index contributed by atoms with van der Waals surface area (Å²) in [5, 5.41) is 8.23. The Morgan fingerprint density at radius 2 is 0.867 bits per heavy atom. The van der Waals surface area contributed by atoms with Gasteiger partial charge in [-0.1, -0.05) is 78.1 Å². The first-order valence-corrected chi connectivity index (χ1v) is 12.0. The molecule has 0 bridgehead atoms. The Kier molecular flexibility index (Phi) is 15.5. The zero-order valence-electron chi connectivity index (χ0n) is 20.4. The van der Waals surface area contributed by atoms with Crippen LogP contribution in [0.15, 0.2) is 10.2 Å². The van der Waals surface area contributed by atoms with E-state index < -0.39 is 23.0 Å². The van der Waals surface area contributed by atoms with E-state index in [-0.39, 0.29) is 0 Å². The molecule has 30 heavy (non-hydrogen) atoms. The van der Waals surface area contributed by atoms with Crippen LogP contribution in [0.3, 0.4) is 0 Å². The van der Waals surface area contributed by atoms with Gasteiger partial charge in [0, 0.05) is 0 Å². The first-order chi connectivity index (χ1) is 14.2. The predicted molar refractivity (Wildman–Crippen MR) is 122 cm³/mol. The molecule has 0 spiro atoms. The van der Waals surface area contributed by atoms with Crippen LogP contribution in [0.5, 0.6) is 0 Å². The summed E-state index contributed by atoms with van der Waals surface area (Å²) >= 11 is 0. The van der Waals surface area contributed by atoms with Gasteiger partial charge in [0.1, 0.15) is 0 Å². The van der Waals surface area contributed by atoms with Crippen molar-refractivity contribution in [1.82, 2.24) is 0 Å². The standard InChI is InChI=1S/C24H46N2O4/c1-7-9-11-13-15-17-19-29-21(27)23(3,4)25-26-24(5,6)22(28)30-20-18-16-14-12-10-8-2/h7-20H2,1-6H3. The van der Waals surface area contributed by atoms with Gasteiger partial charge in [-0.05, 0) is 40.5 Å². The molecule has 0 heterocycles. The molecule has 0 unspecified atom stereocenters. The first-order valence-electron chi connectivity index (χ1n) is 12.0. The number of unbranched alkanes of at least 4 members (excludes halogenated alkanes) is 10. The minimum absolute atomic E-state index is 0.396. The number of hydrogen-bond donors (Lipinski definition) is 0. The van der Waals surface area contributed by atoms with E-state index in [0.29, 0.717) is 13.2 Å². The van der Waals surface area contributed by atoms with Gasteiger partial charge < -0.3 is 9.47 Å². The van der Waals surface area contributed by atoms with Crippen molar-refractivity contribution in [2.45, 2.75) is 130 Å². The number of hydrogen-bond acceptors (Lipinski definition) is 6. The second-order valence-corrected chi connectivity index (χ2v) is 9.13. The van der Waals surface area contributed by atoms with Crippen molar-refractivity contribution < 1.29 is 19.1 Å². The van der Waals surface area contributed by atoms with Crippen molar-refractivity contribution in [2.75, 3.05) is 13.2 Å². The van der Waals surface area contributed by atoms with Crippen molar-refractivity contribution in [2.24, 2.45) is 10.2 Å². The molecule has 6 heteroatoms. The van der Waals surface area contributed by atoms with Gasteiger partial charge in [0.05, 0.1) is 13.2 Å². The lowest BCUT2D eigenvalue weighted by atomic mass is 10.1. The van der Waals surface area contributed by atoms with Gasteiger partial charge in [-0.3, -0.25) is 0 Å². The largest absolute Gasteiger partial charge is 0.464 e. The molecule has 0 saturated carbocycles. The van der Waals surface area contributed by atoms with Crippen LogP contribution in [-0.4, -0.2) is 36.2 Å². The van der Waals surface area contributed by atoms with Crippen LogP contribution in [0.1, 0.15) is 119 Å². The van der Waals surface area contributed by atoms with Gasteiger partial charge in [-0.25, -0.2) is 9.59 Å². The van der Waals surface area contributed by atoms with Crippen LogP contribution in [0, 0.1) is 0 Å². The molecule has 0 aliphatic rings. The molecular weight excluding hydrogens is 380 g/mol. The van der Waals surface area contributed by atoms with E-state index in [9.17, 15) is 9.59 Å². The fraction of sp³-hybridized carbons (Fsp3) is 0.917. The highest BCUT2D eigenvalue weighted by atomic mass is 16.5. The van der Waals surface area contributed by atoms with Crippen LogP contribution in [0.2, 0.25) is 0 Å². The second kappa shape index (κ2) is 16.3. The number of ether oxygens (including phenoxy) is 2. The molecule has 0 rings (SSSR count). The van der Waals surface area contributed by atoms with Crippen molar-refractivity contribution in [3.8, 4) is 0 Å². The third kappa shape index (κ3) is 13.7. The van der Waals surface area contributed by atoms with Gasteiger partial charge in [0.2, 0.25) is 0 Å². The minimum Gasteiger partial charge on any atom is -0.464 e. The molecular formula is C24H46N2O4. The van der Waals surface area contributed by atoms with E-state index in [2.05, 4.69) is 24.1 Å². The highest BCUT2D eigenvalue weighted by molar-refractivity contribution is 5.81. The average Bonchev–Trinajstić information content (AvgIpc) is 2.70. The third-order valence-electron chi connectivity index (χ3n) is 5.01. The summed E-state index contributed by atoms with van der Waals surface area (Å²) < 4.78 is 10.7. The van der Waals surface area contributed by atoms with Crippen molar-refractivity contribution in [3.05, 3.63) is 0 Å². The summed E-state index contributed by atoms with van der Waals surface area (Å²) in [5.41, 5.74) is -2.25. The molecule has 0 saturated heterocycles. The summed E-state index contributed by atoms with van der Waals surface area (Å²) in [7, 11) is 0. The maximum atomic E-state index is 12.3. The molecule has 0 fully saturated rings. The van der Waals surface area contributed by atoms with E-state index in [1.165, 1.54) is 51.4 Å². The molecule has 0 aliphatic heterocycles. The maximum Gasteiger partial charge on any atom is 0.335 e. The maximum absolute atomic E-state index is 12.3. The van der Waals surface area contributed by atoms with Crippen LogP contribution in [-0.2, 0) is 19.1 Å². The SMILES string of the molecule is CCCCCCCCOC(=O)C(C)(C)N=NC(C)(C)C(=O)OCCCCCCCC. The number of nitrogens with zero attached hydrogens (tertiary/aromatic N) is 2. The lowest BCUT2D eigenvalue weighted by Gasteiger charge is -2.21. The van der Waals surface area contributed by atoms with Gasteiger partial charge in [0.25, 0.3) is 0 Å². The van der Waals surface area contributed by atoms with Crippen molar-refractivity contribution in [3.63, 3.8) is 0 Å². The van der Waals surface area contributed by atoms with E-state index in [1.54, 1.807) is 27.7 Å². The minimum atomic E-state index is -1.13. The number of rotatable bonds is 18. The molecule has 0 aromatic carbocycles. The fourth-order valence-electron chi connectivity index (χ4n) is 2.78. The van der Waals surface area contributed by atoms with Crippen LogP contribution in [0.4, 0.5) is 0 Å². The summed E-state index contributed by atoms with van der Waals surface area (Å²) in [6.45, 7) is 11.8. The number of carbonyl (C=O) groups is 2. The predicted octanol–water partition coefficient (Wildman–Crippen LogP) is 6.80. The van der Waals surface area contributed by atoms with Gasteiger partial charge >= 0.3 is 11.9 Å². The molecule has 0 radical (unpaired) electrons. The lowest BCUT2D eigenvalue weighted by Crippen LogP contribution is -2.35. The fourth-order valence-corrected chi connectivity index (χ4v) is 2.78. The quantitative estimate of drug-likeness (QED) is 0.137. The monoisotopic (exact) mass is 426 g/mol.